The summed E-state index contributed by atoms with van der Waals surface area (Å²) in [5, 5.41) is 18.0. The first-order chi connectivity index (χ1) is 6.20. The second kappa shape index (κ2) is 2.94. The molecule has 1 aliphatic rings. The predicted molar refractivity (Wildman–Crippen MR) is 47.1 cm³/mol. The lowest BCUT2D eigenvalue weighted by molar-refractivity contribution is 0.173. The molecule has 1 heterocycles. The van der Waals surface area contributed by atoms with Gasteiger partial charge in [-0.3, -0.25) is 0 Å². The Morgan fingerprint density at radius 1 is 1.31 bits per heavy atom. The van der Waals surface area contributed by atoms with Crippen LogP contribution in [-0.2, 0) is 0 Å². The molecule has 0 saturated carbocycles. The van der Waals surface area contributed by atoms with Gasteiger partial charge in [-0.25, -0.2) is 0 Å². The van der Waals surface area contributed by atoms with E-state index in [9.17, 15) is 0 Å². The largest absolute Gasteiger partial charge is 0.488 e. The van der Waals surface area contributed by atoms with Gasteiger partial charge < -0.3 is 19.5 Å². The molecule has 2 N–H and O–H groups in total. The van der Waals surface area contributed by atoms with Crippen molar-refractivity contribution in [2.75, 3.05) is 6.79 Å². The Hall–Kier alpha value is -1.20. The summed E-state index contributed by atoms with van der Waals surface area (Å²) >= 11 is 0. The van der Waals surface area contributed by atoms with E-state index in [1.165, 1.54) is 0 Å². The van der Waals surface area contributed by atoms with E-state index in [2.05, 4.69) is 0 Å². The van der Waals surface area contributed by atoms with Crippen LogP contribution in [0, 0.1) is 6.92 Å². The summed E-state index contributed by atoms with van der Waals surface area (Å²) in [5.74, 6) is 1.26. The average molecular weight is 180 g/mol. The van der Waals surface area contributed by atoms with Gasteiger partial charge in [0.2, 0.25) is 6.79 Å². The third-order valence-corrected chi connectivity index (χ3v) is 2.11. The van der Waals surface area contributed by atoms with Crippen molar-refractivity contribution in [1.82, 2.24) is 0 Å². The molecule has 0 aliphatic carbocycles. The summed E-state index contributed by atoms with van der Waals surface area (Å²) in [6.45, 7) is 1.96. The van der Waals surface area contributed by atoms with Gasteiger partial charge in [-0.15, -0.1) is 0 Å². The topological polar surface area (TPSA) is 58.9 Å². The van der Waals surface area contributed by atoms with Crippen LogP contribution < -0.4 is 14.9 Å². The van der Waals surface area contributed by atoms with Gasteiger partial charge in [-0.05, 0) is 24.0 Å². The fourth-order valence-electron chi connectivity index (χ4n) is 1.41. The zero-order valence-corrected chi connectivity index (χ0v) is 7.15. The number of fused-ring (bicyclic) bond motifs is 1. The van der Waals surface area contributed by atoms with Crippen LogP contribution in [0.1, 0.15) is 5.56 Å². The maximum absolute atomic E-state index is 8.99. The van der Waals surface area contributed by atoms with Gasteiger partial charge >= 0.3 is 7.12 Å². The van der Waals surface area contributed by atoms with E-state index < -0.39 is 7.12 Å². The molecule has 0 fully saturated rings. The summed E-state index contributed by atoms with van der Waals surface area (Å²) in [4.78, 5) is 0. The quantitative estimate of drug-likeness (QED) is 0.566. The standard InChI is InChI=1S/C8H9BO4/c1-5-6(9(10)11)2-3-7-8(5)13-4-12-7/h2-3,10-11H,4H2,1H3. The molecular weight excluding hydrogens is 171 g/mol. The molecule has 0 unspecified atom stereocenters. The monoisotopic (exact) mass is 180 g/mol. The molecule has 0 amide bonds. The Morgan fingerprint density at radius 3 is 2.77 bits per heavy atom. The number of hydrogen-bond donors (Lipinski definition) is 2. The molecule has 5 heteroatoms. The molecule has 2 rings (SSSR count). The Labute approximate surface area is 75.9 Å². The van der Waals surface area contributed by atoms with Gasteiger partial charge in [0.1, 0.15) is 0 Å². The minimum atomic E-state index is -1.46. The zero-order valence-electron chi connectivity index (χ0n) is 7.15. The van der Waals surface area contributed by atoms with E-state index in [1.54, 1.807) is 19.1 Å². The van der Waals surface area contributed by atoms with Crippen molar-refractivity contribution in [3.8, 4) is 11.5 Å². The van der Waals surface area contributed by atoms with Gasteiger partial charge in [-0.1, -0.05) is 6.07 Å². The average Bonchev–Trinajstić information content (AvgIpc) is 2.52. The molecule has 1 aliphatic heterocycles. The van der Waals surface area contributed by atoms with E-state index >= 15 is 0 Å². The minimum absolute atomic E-state index is 0.196. The molecule has 68 valence electrons. The summed E-state index contributed by atoms with van der Waals surface area (Å²) < 4.78 is 10.3. The van der Waals surface area contributed by atoms with Crippen molar-refractivity contribution in [2.45, 2.75) is 6.92 Å². The summed E-state index contributed by atoms with van der Waals surface area (Å²) in [7, 11) is -1.46. The highest BCUT2D eigenvalue weighted by molar-refractivity contribution is 6.59. The van der Waals surface area contributed by atoms with E-state index in [0.29, 0.717) is 22.5 Å². The van der Waals surface area contributed by atoms with Crippen LogP contribution in [0.25, 0.3) is 0 Å². The molecule has 13 heavy (non-hydrogen) atoms. The van der Waals surface area contributed by atoms with Gasteiger partial charge in [0.25, 0.3) is 0 Å². The minimum Gasteiger partial charge on any atom is -0.454 e. The Balaban J connectivity index is 2.52. The fraction of sp³-hybridized carbons (Fsp3) is 0.250. The van der Waals surface area contributed by atoms with Gasteiger partial charge in [0, 0.05) is 0 Å². The van der Waals surface area contributed by atoms with E-state index in [4.69, 9.17) is 19.5 Å². The van der Waals surface area contributed by atoms with E-state index in [-0.39, 0.29) is 6.79 Å². The van der Waals surface area contributed by atoms with Crippen LogP contribution in [0.15, 0.2) is 12.1 Å². The molecular formula is C8H9BO4. The second-order valence-electron chi connectivity index (χ2n) is 2.89. The Kier molecular flexibility index (Phi) is 1.90. The van der Waals surface area contributed by atoms with E-state index in [0.717, 1.165) is 0 Å². The van der Waals surface area contributed by atoms with E-state index in [1.807, 2.05) is 0 Å². The third kappa shape index (κ3) is 1.26. The number of rotatable bonds is 1. The lowest BCUT2D eigenvalue weighted by Crippen LogP contribution is -2.31. The molecule has 0 aromatic heterocycles. The van der Waals surface area contributed by atoms with Crippen molar-refractivity contribution in [1.29, 1.82) is 0 Å². The van der Waals surface area contributed by atoms with Crippen molar-refractivity contribution >= 4 is 12.6 Å². The molecule has 0 radical (unpaired) electrons. The molecule has 0 bridgehead atoms. The molecule has 1 aromatic rings. The SMILES string of the molecule is Cc1c(B(O)O)ccc2c1OCO2. The van der Waals surface area contributed by atoms with Crippen LogP contribution in [0.3, 0.4) is 0 Å². The summed E-state index contributed by atoms with van der Waals surface area (Å²) in [6, 6.07) is 3.29. The van der Waals surface area contributed by atoms with Crippen LogP contribution in [0.2, 0.25) is 0 Å². The fourth-order valence-corrected chi connectivity index (χ4v) is 1.41. The molecule has 4 nitrogen and oxygen atoms in total. The number of hydrogen-bond acceptors (Lipinski definition) is 4. The third-order valence-electron chi connectivity index (χ3n) is 2.11. The molecule has 0 atom stereocenters. The highest BCUT2D eigenvalue weighted by atomic mass is 16.7. The van der Waals surface area contributed by atoms with Crippen molar-refractivity contribution in [3.63, 3.8) is 0 Å². The maximum atomic E-state index is 8.99. The second-order valence-corrected chi connectivity index (χ2v) is 2.89. The Morgan fingerprint density at radius 2 is 2.08 bits per heavy atom. The highest BCUT2D eigenvalue weighted by Crippen LogP contribution is 2.33. The highest BCUT2D eigenvalue weighted by Gasteiger charge is 2.22. The van der Waals surface area contributed by atoms with Crippen LogP contribution in [0.4, 0.5) is 0 Å². The lowest BCUT2D eigenvalue weighted by atomic mass is 9.77. The normalized spacial score (nSPS) is 13.2. The number of benzene rings is 1. The first-order valence-electron chi connectivity index (χ1n) is 3.95. The lowest BCUT2D eigenvalue weighted by Gasteiger charge is -2.06. The Bertz CT molecular complexity index is 337. The van der Waals surface area contributed by atoms with Crippen molar-refractivity contribution in [3.05, 3.63) is 17.7 Å². The zero-order chi connectivity index (χ0) is 9.42. The predicted octanol–water partition coefficient (Wildman–Crippen LogP) is -0.596. The van der Waals surface area contributed by atoms with Gasteiger partial charge in [0.15, 0.2) is 11.5 Å². The first kappa shape index (κ1) is 8.41. The molecule has 0 saturated heterocycles. The van der Waals surface area contributed by atoms with Crippen molar-refractivity contribution < 1.29 is 19.5 Å². The molecule has 1 aromatic carbocycles. The van der Waals surface area contributed by atoms with Crippen molar-refractivity contribution in [2.24, 2.45) is 0 Å². The van der Waals surface area contributed by atoms with Crippen LogP contribution >= 0.6 is 0 Å². The number of ether oxygens (including phenoxy) is 2. The van der Waals surface area contributed by atoms with Gasteiger partial charge in [0.05, 0.1) is 0 Å². The summed E-state index contributed by atoms with van der Waals surface area (Å²) in [6.07, 6.45) is 0. The van der Waals surface area contributed by atoms with Crippen LogP contribution in [0.5, 0.6) is 11.5 Å². The summed E-state index contributed by atoms with van der Waals surface area (Å²) in [5.41, 5.74) is 1.16. The maximum Gasteiger partial charge on any atom is 0.488 e. The van der Waals surface area contributed by atoms with Crippen LogP contribution in [-0.4, -0.2) is 24.0 Å². The molecule has 0 spiro atoms. The first-order valence-corrected chi connectivity index (χ1v) is 3.95. The van der Waals surface area contributed by atoms with Gasteiger partial charge in [-0.2, -0.15) is 0 Å². The smallest absolute Gasteiger partial charge is 0.454 e.